The Morgan fingerprint density at radius 2 is 1.94 bits per heavy atom. The van der Waals surface area contributed by atoms with E-state index in [2.05, 4.69) is 5.32 Å². The standard InChI is InChI=1S/C12H19NO4/c1-8(14)9-3-2-4-10(7-9)13-11(15)5-6-12(16)17/h9-10H,2-7H2,1H3,(H,13,15)(H,16,17). The summed E-state index contributed by atoms with van der Waals surface area (Å²) in [6.07, 6.45) is 3.27. The summed E-state index contributed by atoms with van der Waals surface area (Å²) in [5.41, 5.74) is 0. The Morgan fingerprint density at radius 1 is 1.24 bits per heavy atom. The fourth-order valence-corrected chi connectivity index (χ4v) is 2.21. The molecule has 0 spiro atoms. The Hall–Kier alpha value is -1.39. The topological polar surface area (TPSA) is 83.5 Å². The van der Waals surface area contributed by atoms with E-state index in [9.17, 15) is 14.4 Å². The zero-order valence-electron chi connectivity index (χ0n) is 10.1. The number of carbonyl (C=O) groups excluding carboxylic acids is 2. The lowest BCUT2D eigenvalue weighted by Crippen LogP contribution is -2.39. The molecule has 0 heterocycles. The molecule has 0 aromatic rings. The lowest BCUT2D eigenvalue weighted by Gasteiger charge is -2.28. The molecule has 2 N–H and O–H groups in total. The van der Waals surface area contributed by atoms with Crippen molar-refractivity contribution in [2.45, 2.75) is 51.5 Å². The fourth-order valence-electron chi connectivity index (χ4n) is 2.21. The van der Waals surface area contributed by atoms with Gasteiger partial charge in [0.2, 0.25) is 5.91 Å². The average molecular weight is 241 g/mol. The van der Waals surface area contributed by atoms with Gasteiger partial charge in [0.1, 0.15) is 5.78 Å². The van der Waals surface area contributed by atoms with Crippen LogP contribution in [0.15, 0.2) is 0 Å². The van der Waals surface area contributed by atoms with E-state index in [-0.39, 0.29) is 36.5 Å². The van der Waals surface area contributed by atoms with Crippen LogP contribution >= 0.6 is 0 Å². The summed E-state index contributed by atoms with van der Waals surface area (Å²) >= 11 is 0. The van der Waals surface area contributed by atoms with E-state index in [0.29, 0.717) is 6.42 Å². The summed E-state index contributed by atoms with van der Waals surface area (Å²) in [5.74, 6) is -0.977. The first-order valence-corrected chi connectivity index (χ1v) is 6.00. The third kappa shape index (κ3) is 4.97. The second-order valence-electron chi connectivity index (χ2n) is 4.63. The predicted octanol–water partition coefficient (Wildman–Crippen LogP) is 1.12. The fraction of sp³-hybridized carbons (Fsp3) is 0.750. The van der Waals surface area contributed by atoms with E-state index < -0.39 is 5.97 Å². The molecule has 0 bridgehead atoms. The van der Waals surface area contributed by atoms with Gasteiger partial charge in [-0.15, -0.1) is 0 Å². The van der Waals surface area contributed by atoms with Gasteiger partial charge in [0, 0.05) is 18.4 Å². The van der Waals surface area contributed by atoms with Gasteiger partial charge in [-0.1, -0.05) is 6.42 Å². The van der Waals surface area contributed by atoms with Gasteiger partial charge in [-0.2, -0.15) is 0 Å². The average Bonchev–Trinajstić information content (AvgIpc) is 2.26. The van der Waals surface area contributed by atoms with Crippen LogP contribution in [0.4, 0.5) is 0 Å². The van der Waals surface area contributed by atoms with Gasteiger partial charge in [0.25, 0.3) is 0 Å². The highest BCUT2D eigenvalue weighted by molar-refractivity contribution is 5.81. The quantitative estimate of drug-likeness (QED) is 0.755. The van der Waals surface area contributed by atoms with Gasteiger partial charge < -0.3 is 10.4 Å². The molecule has 0 aromatic heterocycles. The summed E-state index contributed by atoms with van der Waals surface area (Å²) in [6, 6.07) is 0.0268. The Bertz CT molecular complexity index is 314. The van der Waals surface area contributed by atoms with Crippen LogP contribution in [-0.2, 0) is 14.4 Å². The molecule has 1 saturated carbocycles. The molecule has 0 radical (unpaired) electrons. The van der Waals surface area contributed by atoms with E-state index in [1.807, 2.05) is 0 Å². The molecule has 1 aliphatic rings. The number of carboxylic acid groups (broad SMARTS) is 1. The summed E-state index contributed by atoms with van der Waals surface area (Å²) < 4.78 is 0. The van der Waals surface area contributed by atoms with Crippen LogP contribution in [0.5, 0.6) is 0 Å². The van der Waals surface area contributed by atoms with Crippen molar-refractivity contribution < 1.29 is 19.5 Å². The number of nitrogens with one attached hydrogen (secondary N) is 1. The zero-order chi connectivity index (χ0) is 12.8. The van der Waals surface area contributed by atoms with Crippen LogP contribution in [0, 0.1) is 5.92 Å². The number of ketones is 1. The normalized spacial score (nSPS) is 24.1. The SMILES string of the molecule is CC(=O)C1CCCC(NC(=O)CCC(=O)O)C1. The minimum Gasteiger partial charge on any atom is -0.481 e. The first kappa shape index (κ1) is 13.7. The number of carboxylic acids is 1. The molecular weight excluding hydrogens is 222 g/mol. The molecule has 2 atom stereocenters. The first-order valence-electron chi connectivity index (χ1n) is 6.00. The maximum Gasteiger partial charge on any atom is 0.303 e. The molecule has 5 nitrogen and oxygen atoms in total. The van der Waals surface area contributed by atoms with Crippen LogP contribution in [0.25, 0.3) is 0 Å². The lowest BCUT2D eigenvalue weighted by molar-refractivity contribution is -0.139. The number of hydrogen-bond donors (Lipinski definition) is 2. The molecule has 0 aliphatic heterocycles. The van der Waals surface area contributed by atoms with E-state index in [1.54, 1.807) is 6.92 Å². The molecule has 1 rings (SSSR count). The molecular formula is C12H19NO4. The molecule has 5 heteroatoms. The number of amides is 1. The molecule has 96 valence electrons. The van der Waals surface area contributed by atoms with E-state index in [1.165, 1.54) is 0 Å². The summed E-state index contributed by atoms with van der Waals surface area (Å²) in [4.78, 5) is 33.0. The van der Waals surface area contributed by atoms with Crippen molar-refractivity contribution in [3.8, 4) is 0 Å². The van der Waals surface area contributed by atoms with Crippen molar-refractivity contribution in [2.24, 2.45) is 5.92 Å². The van der Waals surface area contributed by atoms with Crippen molar-refractivity contribution in [1.29, 1.82) is 0 Å². The Morgan fingerprint density at radius 3 is 2.53 bits per heavy atom. The van der Waals surface area contributed by atoms with Crippen molar-refractivity contribution in [1.82, 2.24) is 5.32 Å². The molecule has 1 amide bonds. The van der Waals surface area contributed by atoms with Crippen LogP contribution in [0.1, 0.15) is 45.4 Å². The first-order chi connectivity index (χ1) is 7.99. The van der Waals surface area contributed by atoms with Crippen LogP contribution < -0.4 is 5.32 Å². The number of hydrogen-bond acceptors (Lipinski definition) is 3. The third-order valence-electron chi connectivity index (χ3n) is 3.18. The smallest absolute Gasteiger partial charge is 0.303 e. The van der Waals surface area contributed by atoms with Gasteiger partial charge in [-0.05, 0) is 26.2 Å². The molecule has 0 saturated heterocycles. The largest absolute Gasteiger partial charge is 0.481 e. The highest BCUT2D eigenvalue weighted by Gasteiger charge is 2.25. The highest BCUT2D eigenvalue weighted by atomic mass is 16.4. The second-order valence-corrected chi connectivity index (χ2v) is 4.63. The molecule has 1 fully saturated rings. The van der Waals surface area contributed by atoms with Crippen molar-refractivity contribution >= 4 is 17.7 Å². The highest BCUT2D eigenvalue weighted by Crippen LogP contribution is 2.24. The minimum atomic E-state index is -0.967. The zero-order valence-corrected chi connectivity index (χ0v) is 10.1. The molecule has 0 aromatic carbocycles. The van der Waals surface area contributed by atoms with Crippen LogP contribution in [-0.4, -0.2) is 28.8 Å². The van der Waals surface area contributed by atoms with E-state index >= 15 is 0 Å². The Kier molecular flexibility index (Phi) is 5.12. The van der Waals surface area contributed by atoms with Crippen LogP contribution in [0.3, 0.4) is 0 Å². The monoisotopic (exact) mass is 241 g/mol. The van der Waals surface area contributed by atoms with Crippen molar-refractivity contribution in [3.05, 3.63) is 0 Å². The van der Waals surface area contributed by atoms with Gasteiger partial charge in [-0.25, -0.2) is 0 Å². The molecule has 2 unspecified atom stereocenters. The molecule has 17 heavy (non-hydrogen) atoms. The Balaban J connectivity index is 2.33. The number of carbonyl (C=O) groups is 3. The van der Waals surface area contributed by atoms with E-state index in [4.69, 9.17) is 5.11 Å². The number of rotatable bonds is 5. The minimum absolute atomic E-state index is 0.0105. The maximum atomic E-state index is 11.4. The number of Topliss-reactive ketones (excluding diaryl/α,β-unsaturated/α-hetero) is 1. The van der Waals surface area contributed by atoms with Crippen molar-refractivity contribution in [3.63, 3.8) is 0 Å². The van der Waals surface area contributed by atoms with Crippen LogP contribution in [0.2, 0.25) is 0 Å². The summed E-state index contributed by atoms with van der Waals surface area (Å²) in [5, 5.41) is 11.3. The van der Waals surface area contributed by atoms with Gasteiger partial charge in [0.05, 0.1) is 6.42 Å². The van der Waals surface area contributed by atoms with Crippen molar-refractivity contribution in [2.75, 3.05) is 0 Å². The maximum absolute atomic E-state index is 11.4. The summed E-state index contributed by atoms with van der Waals surface area (Å²) in [7, 11) is 0. The molecule has 1 aliphatic carbocycles. The lowest BCUT2D eigenvalue weighted by atomic mass is 9.83. The van der Waals surface area contributed by atoms with E-state index in [0.717, 1.165) is 19.3 Å². The summed E-state index contributed by atoms with van der Waals surface area (Å²) in [6.45, 7) is 1.58. The third-order valence-corrected chi connectivity index (χ3v) is 3.18. The second kappa shape index (κ2) is 6.37. The van der Waals surface area contributed by atoms with Gasteiger partial charge in [-0.3, -0.25) is 14.4 Å². The Labute approximate surface area is 101 Å². The van der Waals surface area contributed by atoms with Gasteiger partial charge >= 0.3 is 5.97 Å². The van der Waals surface area contributed by atoms with Gasteiger partial charge in [0.15, 0.2) is 0 Å². The number of aliphatic carboxylic acids is 1. The predicted molar refractivity (Wildman–Crippen MR) is 61.4 cm³/mol.